The molecular weight excluding hydrogens is 456 g/mol. The molecule has 0 unspecified atom stereocenters. The van der Waals surface area contributed by atoms with E-state index in [2.05, 4.69) is 14.9 Å². The summed E-state index contributed by atoms with van der Waals surface area (Å²) in [5, 5.41) is 0.400. The first-order valence-electron chi connectivity index (χ1n) is 11.5. The highest BCUT2D eigenvalue weighted by Crippen LogP contribution is 2.32. The molecule has 0 spiro atoms. The molecule has 1 aromatic carbocycles. The van der Waals surface area contributed by atoms with Gasteiger partial charge in [0.05, 0.1) is 13.2 Å². The minimum atomic E-state index is -0.498. The van der Waals surface area contributed by atoms with Gasteiger partial charge >= 0.3 is 0 Å². The van der Waals surface area contributed by atoms with Crippen LogP contribution in [0, 0.1) is 0 Å². The van der Waals surface area contributed by atoms with Crippen LogP contribution in [-0.4, -0.2) is 54.0 Å². The summed E-state index contributed by atoms with van der Waals surface area (Å²) in [7, 11) is 0. The lowest BCUT2D eigenvalue weighted by Gasteiger charge is -2.30. The second-order valence-electron chi connectivity index (χ2n) is 8.33. The van der Waals surface area contributed by atoms with Gasteiger partial charge in [-0.25, -0.2) is 4.98 Å². The van der Waals surface area contributed by atoms with Gasteiger partial charge in [0.1, 0.15) is 28.5 Å². The summed E-state index contributed by atoms with van der Waals surface area (Å²) in [4.78, 5) is 23.4. The molecule has 2 aliphatic heterocycles. The number of pyridine rings is 1. The molecule has 180 valence electrons. The molecule has 9 heteroatoms. The van der Waals surface area contributed by atoms with E-state index in [1.54, 1.807) is 43.5 Å². The number of amides is 1. The molecule has 1 aromatic heterocycles. The summed E-state index contributed by atoms with van der Waals surface area (Å²) in [6.07, 6.45) is 7.79. The highest BCUT2D eigenvalue weighted by atomic mass is 35.5. The lowest BCUT2D eigenvalue weighted by molar-refractivity contribution is 0.0255. The standard InChI is InChI=1S/C25H29ClN4O4/c1-2-4-23(27)29-24(31)18-12-20(33-19-5-9-32-10-6-19)14-21(13-18)34-25-22(26)11-17(15-28-25)16-30-7-3-8-30/h2,4,11-15,19H,3,5-10,16H2,1H3,(H2,27,29,31)/b4-2-. The number of carbonyl (C=O) groups is 1. The van der Waals surface area contributed by atoms with Gasteiger partial charge in [0.2, 0.25) is 5.88 Å². The van der Waals surface area contributed by atoms with Crippen molar-refractivity contribution in [2.45, 2.75) is 38.8 Å². The minimum absolute atomic E-state index is 0.00829. The van der Waals surface area contributed by atoms with Crippen LogP contribution in [0.25, 0.3) is 0 Å². The van der Waals surface area contributed by atoms with E-state index in [4.69, 9.17) is 31.5 Å². The zero-order chi connectivity index (χ0) is 23.9. The number of hydrogen-bond donors (Lipinski definition) is 1. The van der Waals surface area contributed by atoms with Crippen LogP contribution in [0.1, 0.15) is 42.1 Å². The van der Waals surface area contributed by atoms with E-state index in [1.165, 1.54) is 6.42 Å². The molecular formula is C25H29ClN4O4. The third-order valence-electron chi connectivity index (χ3n) is 5.60. The summed E-state index contributed by atoms with van der Waals surface area (Å²) in [5.41, 5.74) is 7.10. The van der Waals surface area contributed by atoms with Gasteiger partial charge in [0.15, 0.2) is 0 Å². The Bertz CT molecular complexity index is 1080. The van der Waals surface area contributed by atoms with Crippen LogP contribution in [0.3, 0.4) is 0 Å². The van der Waals surface area contributed by atoms with Crippen molar-refractivity contribution < 1.29 is 19.0 Å². The largest absolute Gasteiger partial charge is 0.490 e. The summed E-state index contributed by atoms with van der Waals surface area (Å²) in [5.74, 6) is 0.748. The van der Waals surface area contributed by atoms with Gasteiger partial charge in [-0.3, -0.25) is 9.69 Å². The van der Waals surface area contributed by atoms with Crippen molar-refractivity contribution in [2.75, 3.05) is 26.3 Å². The Labute approximate surface area is 204 Å². The molecule has 0 aliphatic carbocycles. The average molecular weight is 485 g/mol. The fourth-order valence-corrected chi connectivity index (χ4v) is 3.96. The Balaban J connectivity index is 1.57. The number of ether oxygens (including phenoxy) is 3. The lowest BCUT2D eigenvalue weighted by atomic mass is 10.1. The van der Waals surface area contributed by atoms with Gasteiger partial charge < -0.3 is 19.9 Å². The summed E-state index contributed by atoms with van der Waals surface area (Å²) in [6, 6.07) is 6.80. The van der Waals surface area contributed by atoms with E-state index in [0.717, 1.165) is 38.0 Å². The molecule has 2 aromatic rings. The van der Waals surface area contributed by atoms with Crippen molar-refractivity contribution >= 4 is 23.3 Å². The molecule has 4 rings (SSSR count). The Morgan fingerprint density at radius 3 is 2.71 bits per heavy atom. The van der Waals surface area contributed by atoms with E-state index in [1.807, 2.05) is 6.07 Å². The maximum atomic E-state index is 12.7. The Hall–Kier alpha value is -2.94. The van der Waals surface area contributed by atoms with Crippen LogP contribution < -0.4 is 15.2 Å². The average Bonchev–Trinajstić information content (AvgIpc) is 2.78. The lowest BCUT2D eigenvalue weighted by Crippen LogP contribution is -2.36. The van der Waals surface area contributed by atoms with Crippen molar-refractivity contribution in [1.82, 2.24) is 9.88 Å². The molecule has 34 heavy (non-hydrogen) atoms. The number of allylic oxidation sites excluding steroid dienone is 1. The number of hydrogen-bond acceptors (Lipinski definition) is 6. The molecule has 2 saturated heterocycles. The highest BCUT2D eigenvalue weighted by molar-refractivity contribution is 6.31. The molecule has 2 fully saturated rings. The van der Waals surface area contributed by atoms with Crippen LogP contribution in [0.4, 0.5) is 0 Å². The SMILES string of the molecule is C/C=C\C(N)=NC(=O)c1cc(Oc2ncc(CN3CCC3)cc2Cl)cc(OC2CCOCC2)c1. The van der Waals surface area contributed by atoms with Crippen LogP contribution in [0.15, 0.2) is 47.6 Å². The van der Waals surface area contributed by atoms with Gasteiger partial charge in [-0.15, -0.1) is 0 Å². The third-order valence-corrected chi connectivity index (χ3v) is 5.87. The van der Waals surface area contributed by atoms with Crippen molar-refractivity contribution in [3.05, 3.63) is 58.8 Å². The van der Waals surface area contributed by atoms with Crippen LogP contribution >= 0.6 is 11.6 Å². The Morgan fingerprint density at radius 1 is 1.26 bits per heavy atom. The first-order chi connectivity index (χ1) is 16.5. The summed E-state index contributed by atoms with van der Waals surface area (Å²) < 4.78 is 17.5. The van der Waals surface area contributed by atoms with Crippen LogP contribution in [-0.2, 0) is 11.3 Å². The van der Waals surface area contributed by atoms with Crippen molar-refractivity contribution in [1.29, 1.82) is 0 Å². The van der Waals surface area contributed by atoms with Crippen LogP contribution in [0.2, 0.25) is 5.02 Å². The molecule has 2 N–H and O–H groups in total. The van der Waals surface area contributed by atoms with E-state index in [0.29, 0.717) is 29.7 Å². The zero-order valence-electron chi connectivity index (χ0n) is 19.2. The number of carbonyl (C=O) groups excluding carboxylic acids is 1. The predicted octanol–water partition coefficient (Wildman–Crippen LogP) is 4.36. The molecule has 1 amide bonds. The number of aromatic nitrogens is 1. The quantitative estimate of drug-likeness (QED) is 0.438. The third kappa shape index (κ3) is 6.56. The monoisotopic (exact) mass is 484 g/mol. The number of halogens is 1. The van der Waals surface area contributed by atoms with Gasteiger partial charge in [-0.1, -0.05) is 17.7 Å². The fraction of sp³-hybridized carbons (Fsp3) is 0.400. The van der Waals surface area contributed by atoms with Crippen molar-refractivity contribution in [3.8, 4) is 17.4 Å². The second-order valence-corrected chi connectivity index (χ2v) is 8.73. The maximum absolute atomic E-state index is 12.7. The predicted molar refractivity (Wildman–Crippen MR) is 131 cm³/mol. The van der Waals surface area contributed by atoms with Gasteiger partial charge in [0, 0.05) is 37.2 Å². The highest BCUT2D eigenvalue weighted by Gasteiger charge is 2.19. The number of amidine groups is 1. The first-order valence-corrected chi connectivity index (χ1v) is 11.8. The smallest absolute Gasteiger partial charge is 0.279 e. The Morgan fingerprint density at radius 2 is 2.03 bits per heavy atom. The fourth-order valence-electron chi connectivity index (χ4n) is 3.73. The molecule has 3 heterocycles. The van der Waals surface area contributed by atoms with Crippen molar-refractivity contribution in [2.24, 2.45) is 10.7 Å². The first kappa shape index (κ1) is 24.2. The van der Waals surface area contributed by atoms with E-state index in [-0.39, 0.29) is 23.4 Å². The molecule has 0 bridgehead atoms. The molecule has 0 radical (unpaired) electrons. The Kier molecular flexibility index (Phi) is 8.16. The normalized spacial score (nSPS) is 17.5. The van der Waals surface area contributed by atoms with Crippen molar-refractivity contribution in [3.63, 3.8) is 0 Å². The van der Waals surface area contributed by atoms with Crippen LogP contribution in [0.5, 0.6) is 17.4 Å². The number of likely N-dealkylation sites (tertiary alicyclic amines) is 1. The van der Waals surface area contributed by atoms with E-state index in [9.17, 15) is 4.79 Å². The maximum Gasteiger partial charge on any atom is 0.279 e. The molecule has 0 atom stereocenters. The van der Waals surface area contributed by atoms with E-state index < -0.39 is 5.91 Å². The molecule has 2 aliphatic rings. The number of rotatable bonds is 8. The van der Waals surface area contributed by atoms with Gasteiger partial charge in [0.25, 0.3) is 5.91 Å². The second kappa shape index (κ2) is 11.5. The zero-order valence-corrected chi connectivity index (χ0v) is 20.0. The number of aliphatic imine (C=N–C) groups is 1. The minimum Gasteiger partial charge on any atom is -0.490 e. The molecule has 8 nitrogen and oxygen atoms in total. The number of benzene rings is 1. The van der Waals surface area contributed by atoms with Gasteiger partial charge in [-0.2, -0.15) is 4.99 Å². The molecule has 0 saturated carbocycles. The summed E-state index contributed by atoms with van der Waals surface area (Å²) in [6.45, 7) is 6.07. The van der Waals surface area contributed by atoms with E-state index >= 15 is 0 Å². The van der Waals surface area contributed by atoms with Gasteiger partial charge in [-0.05, 0) is 56.3 Å². The topological polar surface area (TPSA) is 99.3 Å². The summed E-state index contributed by atoms with van der Waals surface area (Å²) >= 11 is 6.46. The number of nitrogens with two attached hydrogens (primary N) is 1. The number of nitrogens with zero attached hydrogens (tertiary/aromatic N) is 3.